The molecule has 18 heavy (non-hydrogen) atoms. The number of anilines is 1. The van der Waals surface area contributed by atoms with Crippen LogP contribution in [-0.2, 0) is 17.5 Å². The molecule has 0 saturated carbocycles. The number of hydrogen-bond donors (Lipinski definition) is 0. The van der Waals surface area contributed by atoms with E-state index in [2.05, 4.69) is 4.98 Å². The molecule has 0 bridgehead atoms. The van der Waals surface area contributed by atoms with Gasteiger partial charge in [-0.15, -0.1) is 0 Å². The van der Waals surface area contributed by atoms with Gasteiger partial charge in [-0.2, -0.15) is 13.2 Å². The largest absolute Gasteiger partial charge is 0.433 e. The summed E-state index contributed by atoms with van der Waals surface area (Å²) >= 11 is 0. The lowest BCUT2D eigenvalue weighted by atomic mass is 10.4. The van der Waals surface area contributed by atoms with Crippen molar-refractivity contribution in [3.63, 3.8) is 0 Å². The molecule has 98 valence electrons. The number of hydrogen-bond acceptors (Lipinski definition) is 3. The highest BCUT2D eigenvalue weighted by Crippen LogP contribution is 2.29. The Kier molecular flexibility index (Phi) is 2.88. The Morgan fingerprint density at radius 3 is 2.61 bits per heavy atom. The zero-order chi connectivity index (χ0) is 13.5. The summed E-state index contributed by atoms with van der Waals surface area (Å²) in [5.74, 6) is -0.637. The van der Waals surface area contributed by atoms with E-state index in [1.165, 1.54) is 0 Å². The van der Waals surface area contributed by atoms with Crippen molar-refractivity contribution < 1.29 is 18.0 Å². The van der Waals surface area contributed by atoms with E-state index in [0.717, 1.165) is 9.47 Å². The minimum atomic E-state index is -4.70. The molecule has 1 amide bonds. The van der Waals surface area contributed by atoms with Crippen molar-refractivity contribution in [1.82, 2.24) is 9.55 Å². The van der Waals surface area contributed by atoms with Crippen LogP contribution in [0.3, 0.4) is 0 Å². The first-order valence-electron chi connectivity index (χ1n) is 5.34. The number of nitrogens with zero attached hydrogens (tertiary/aromatic N) is 3. The van der Waals surface area contributed by atoms with Crippen LogP contribution in [0.5, 0.6) is 0 Å². The maximum atomic E-state index is 12.5. The van der Waals surface area contributed by atoms with Gasteiger partial charge in [0.1, 0.15) is 6.54 Å². The Labute approximate surface area is 99.8 Å². The predicted molar refractivity (Wildman–Crippen MR) is 56.1 cm³/mol. The molecule has 0 radical (unpaired) electrons. The maximum absolute atomic E-state index is 12.5. The Morgan fingerprint density at radius 1 is 1.39 bits per heavy atom. The number of amides is 1. The van der Waals surface area contributed by atoms with Gasteiger partial charge in [-0.25, -0.2) is 4.98 Å². The summed E-state index contributed by atoms with van der Waals surface area (Å²) in [7, 11) is 0. The fraction of sp³-hybridized carbons (Fsp3) is 0.500. The molecule has 0 unspecified atom stereocenters. The standard InChI is InChI=1S/C10H10F3N3O2/c1-2-3-15-8(18)5-16-7(17)4-6(10(11,12)13)14-9(15)16/h4H,2-3,5H2,1H3. The molecular formula is C10H10F3N3O2. The quantitative estimate of drug-likeness (QED) is 0.798. The maximum Gasteiger partial charge on any atom is 0.433 e. The highest BCUT2D eigenvalue weighted by atomic mass is 19.4. The second-order valence-electron chi connectivity index (χ2n) is 3.91. The van der Waals surface area contributed by atoms with Gasteiger partial charge in [0.05, 0.1) is 0 Å². The number of rotatable bonds is 2. The van der Waals surface area contributed by atoms with E-state index in [1.807, 2.05) is 0 Å². The SMILES string of the molecule is CCCN1C(=O)Cn2c1nc(C(F)(F)F)cc2=O. The molecule has 0 atom stereocenters. The minimum Gasteiger partial charge on any atom is -0.280 e. The third kappa shape index (κ3) is 1.98. The molecule has 0 N–H and O–H groups in total. The smallest absolute Gasteiger partial charge is 0.280 e. The summed E-state index contributed by atoms with van der Waals surface area (Å²) in [5, 5.41) is 0. The average molecular weight is 261 g/mol. The minimum absolute atomic E-state index is 0.221. The molecule has 1 aromatic rings. The Hall–Kier alpha value is -1.86. The molecule has 0 spiro atoms. The third-order valence-corrected chi connectivity index (χ3v) is 2.56. The monoisotopic (exact) mass is 261 g/mol. The van der Waals surface area contributed by atoms with Crippen LogP contribution < -0.4 is 10.5 Å². The van der Waals surface area contributed by atoms with Crippen LogP contribution in [0, 0.1) is 0 Å². The van der Waals surface area contributed by atoms with Crippen LogP contribution in [0.2, 0.25) is 0 Å². The van der Waals surface area contributed by atoms with Crippen LogP contribution in [0.4, 0.5) is 19.1 Å². The zero-order valence-corrected chi connectivity index (χ0v) is 9.49. The normalized spacial score (nSPS) is 15.1. The fourth-order valence-corrected chi connectivity index (χ4v) is 1.77. The first-order valence-corrected chi connectivity index (χ1v) is 5.34. The molecule has 2 rings (SSSR count). The highest BCUT2D eigenvalue weighted by molar-refractivity contribution is 5.94. The number of carbonyl (C=O) groups excluding carboxylic acids is 1. The van der Waals surface area contributed by atoms with Gasteiger partial charge >= 0.3 is 6.18 Å². The van der Waals surface area contributed by atoms with Gasteiger partial charge in [0, 0.05) is 12.6 Å². The van der Waals surface area contributed by atoms with Crippen molar-refractivity contribution in [3.05, 3.63) is 22.1 Å². The number of fused-ring (bicyclic) bond motifs is 1. The molecule has 0 aromatic carbocycles. The van der Waals surface area contributed by atoms with Crippen molar-refractivity contribution >= 4 is 11.9 Å². The molecule has 8 heteroatoms. The van der Waals surface area contributed by atoms with Crippen molar-refractivity contribution in [1.29, 1.82) is 0 Å². The topological polar surface area (TPSA) is 55.2 Å². The van der Waals surface area contributed by atoms with E-state index >= 15 is 0 Å². The average Bonchev–Trinajstić information content (AvgIpc) is 2.56. The zero-order valence-electron chi connectivity index (χ0n) is 9.49. The first kappa shape index (κ1) is 12.6. The first-order chi connectivity index (χ1) is 8.34. The Morgan fingerprint density at radius 2 is 2.06 bits per heavy atom. The van der Waals surface area contributed by atoms with E-state index in [1.54, 1.807) is 6.92 Å². The van der Waals surface area contributed by atoms with Crippen molar-refractivity contribution in [2.24, 2.45) is 0 Å². The highest BCUT2D eigenvalue weighted by Gasteiger charge is 2.37. The van der Waals surface area contributed by atoms with Crippen molar-refractivity contribution in [2.75, 3.05) is 11.4 Å². The fourth-order valence-electron chi connectivity index (χ4n) is 1.77. The summed E-state index contributed by atoms with van der Waals surface area (Å²) in [6, 6.07) is 0.409. The lowest BCUT2D eigenvalue weighted by Gasteiger charge is -2.15. The van der Waals surface area contributed by atoms with Gasteiger partial charge in [0.2, 0.25) is 11.9 Å². The summed E-state index contributed by atoms with van der Waals surface area (Å²) in [5.41, 5.74) is -2.13. The van der Waals surface area contributed by atoms with Crippen LogP contribution in [0.15, 0.2) is 10.9 Å². The van der Waals surface area contributed by atoms with Crippen LogP contribution in [0.1, 0.15) is 19.0 Å². The molecule has 0 saturated heterocycles. The molecule has 1 aliphatic rings. The van der Waals surface area contributed by atoms with E-state index in [-0.39, 0.29) is 19.0 Å². The van der Waals surface area contributed by atoms with Crippen molar-refractivity contribution in [2.45, 2.75) is 26.1 Å². The summed E-state index contributed by atoms with van der Waals surface area (Å²) in [4.78, 5) is 27.6. The Balaban J connectivity index is 2.56. The number of aromatic nitrogens is 2. The van der Waals surface area contributed by atoms with Gasteiger partial charge in [-0.05, 0) is 6.42 Å². The molecule has 0 fully saturated rings. The van der Waals surface area contributed by atoms with Gasteiger partial charge in [0.25, 0.3) is 5.56 Å². The second-order valence-corrected chi connectivity index (χ2v) is 3.91. The van der Waals surface area contributed by atoms with E-state index in [9.17, 15) is 22.8 Å². The van der Waals surface area contributed by atoms with Crippen molar-refractivity contribution in [3.8, 4) is 0 Å². The lowest BCUT2D eigenvalue weighted by molar-refractivity contribution is -0.141. The van der Waals surface area contributed by atoms with Gasteiger partial charge in [-0.1, -0.05) is 6.92 Å². The molecule has 0 aliphatic carbocycles. The van der Waals surface area contributed by atoms with E-state index < -0.39 is 23.3 Å². The van der Waals surface area contributed by atoms with Gasteiger partial charge in [0.15, 0.2) is 5.69 Å². The lowest BCUT2D eigenvalue weighted by Crippen LogP contribution is -2.29. The summed E-state index contributed by atoms with van der Waals surface area (Å²) in [6.45, 7) is 1.77. The molecule has 1 aromatic heterocycles. The van der Waals surface area contributed by atoms with Gasteiger partial charge < -0.3 is 0 Å². The van der Waals surface area contributed by atoms with Gasteiger partial charge in [-0.3, -0.25) is 19.1 Å². The molecule has 5 nitrogen and oxygen atoms in total. The second kappa shape index (κ2) is 4.11. The molecule has 1 aliphatic heterocycles. The molecular weight excluding hydrogens is 251 g/mol. The van der Waals surface area contributed by atoms with Crippen LogP contribution in [-0.4, -0.2) is 22.0 Å². The van der Waals surface area contributed by atoms with Crippen LogP contribution in [0.25, 0.3) is 0 Å². The number of alkyl halides is 3. The van der Waals surface area contributed by atoms with E-state index in [0.29, 0.717) is 12.5 Å². The Bertz CT molecular complexity index is 550. The third-order valence-electron chi connectivity index (χ3n) is 2.56. The van der Waals surface area contributed by atoms with E-state index in [4.69, 9.17) is 0 Å². The summed E-state index contributed by atoms with van der Waals surface area (Å²) < 4.78 is 38.5. The number of halogens is 3. The predicted octanol–water partition coefficient (Wildman–Crippen LogP) is 1.02. The molecule has 2 heterocycles. The van der Waals surface area contributed by atoms with Crippen LogP contribution >= 0.6 is 0 Å². The summed E-state index contributed by atoms with van der Waals surface area (Å²) in [6.07, 6.45) is -4.13. The number of carbonyl (C=O) groups is 1.